The third-order valence-electron chi connectivity index (χ3n) is 2.69. The van der Waals surface area contributed by atoms with Gasteiger partial charge in [0.1, 0.15) is 0 Å². The molecule has 6 nitrogen and oxygen atoms in total. The average molecular weight is 313 g/mol. The van der Waals surface area contributed by atoms with Gasteiger partial charge in [0.15, 0.2) is 0 Å². The van der Waals surface area contributed by atoms with Gasteiger partial charge in [0.05, 0.1) is 4.90 Å². The van der Waals surface area contributed by atoms with Gasteiger partial charge in [-0.15, -0.1) is 0 Å². The zero-order chi connectivity index (χ0) is 15.9. The van der Waals surface area contributed by atoms with E-state index in [0.717, 1.165) is 13.0 Å². The molecule has 0 aliphatic heterocycles. The Bertz CT molecular complexity index is 571. The fraction of sp³-hybridized carbons (Fsp3) is 0.500. The maximum atomic E-state index is 12.1. The molecule has 0 atom stereocenters. The highest BCUT2D eigenvalue weighted by Gasteiger charge is 2.17. The fourth-order valence-electron chi connectivity index (χ4n) is 1.75. The van der Waals surface area contributed by atoms with Gasteiger partial charge in [0, 0.05) is 18.2 Å². The standard InChI is InChI=1S/C14H23N3O3S/c1-11(2)17-21(19,20)13-7-4-6-12(10-13)14(18)16-9-5-8-15-3/h4,6-7,10-11,15,17H,5,8-9H2,1-3H3,(H,16,18). The molecule has 0 aromatic heterocycles. The van der Waals surface area contributed by atoms with Gasteiger partial charge in [0.25, 0.3) is 5.91 Å². The number of nitrogens with one attached hydrogen (secondary N) is 3. The number of hydrogen-bond acceptors (Lipinski definition) is 4. The van der Waals surface area contributed by atoms with Crippen LogP contribution in [0.4, 0.5) is 0 Å². The molecule has 0 saturated heterocycles. The van der Waals surface area contributed by atoms with Crippen molar-refractivity contribution in [3.63, 3.8) is 0 Å². The fourth-order valence-corrected chi connectivity index (χ4v) is 3.05. The van der Waals surface area contributed by atoms with Crippen LogP contribution in [0, 0.1) is 0 Å². The Hall–Kier alpha value is -1.44. The molecular formula is C14H23N3O3S. The first-order valence-electron chi connectivity index (χ1n) is 6.92. The van der Waals surface area contributed by atoms with E-state index in [1.807, 2.05) is 7.05 Å². The van der Waals surface area contributed by atoms with Crippen LogP contribution in [0.5, 0.6) is 0 Å². The summed E-state index contributed by atoms with van der Waals surface area (Å²) in [6.45, 7) is 4.85. The van der Waals surface area contributed by atoms with Gasteiger partial charge in [0.2, 0.25) is 10.0 Å². The molecule has 3 N–H and O–H groups in total. The number of carbonyl (C=O) groups is 1. The van der Waals surface area contributed by atoms with Crippen molar-refractivity contribution in [1.29, 1.82) is 0 Å². The second kappa shape index (κ2) is 8.11. The Balaban J connectivity index is 2.78. The summed E-state index contributed by atoms with van der Waals surface area (Å²) in [5, 5.41) is 5.75. The van der Waals surface area contributed by atoms with Crippen molar-refractivity contribution in [3.05, 3.63) is 29.8 Å². The summed E-state index contributed by atoms with van der Waals surface area (Å²) in [6.07, 6.45) is 0.815. The van der Waals surface area contributed by atoms with Crippen LogP contribution in [0.15, 0.2) is 29.2 Å². The highest BCUT2D eigenvalue weighted by molar-refractivity contribution is 7.89. The van der Waals surface area contributed by atoms with Crippen LogP contribution in [-0.4, -0.2) is 40.5 Å². The molecule has 0 fully saturated rings. The Morgan fingerprint density at radius 3 is 2.57 bits per heavy atom. The number of hydrogen-bond donors (Lipinski definition) is 3. The van der Waals surface area contributed by atoms with Crippen LogP contribution < -0.4 is 15.4 Å². The zero-order valence-electron chi connectivity index (χ0n) is 12.6. The van der Waals surface area contributed by atoms with E-state index in [2.05, 4.69) is 15.4 Å². The molecule has 0 bridgehead atoms. The van der Waals surface area contributed by atoms with Gasteiger partial charge in [-0.25, -0.2) is 13.1 Å². The molecule has 0 heterocycles. The minimum Gasteiger partial charge on any atom is -0.352 e. The largest absolute Gasteiger partial charge is 0.352 e. The highest BCUT2D eigenvalue weighted by atomic mass is 32.2. The third kappa shape index (κ3) is 5.82. The minimum atomic E-state index is -3.58. The van der Waals surface area contributed by atoms with Gasteiger partial charge in [-0.1, -0.05) is 6.07 Å². The third-order valence-corrected chi connectivity index (χ3v) is 4.34. The number of rotatable bonds is 8. The Kier molecular flexibility index (Phi) is 6.80. The van der Waals surface area contributed by atoms with Crippen LogP contribution in [0.25, 0.3) is 0 Å². The lowest BCUT2D eigenvalue weighted by Gasteiger charge is -2.11. The first-order valence-corrected chi connectivity index (χ1v) is 8.40. The summed E-state index contributed by atoms with van der Waals surface area (Å²) in [5.41, 5.74) is 0.339. The highest BCUT2D eigenvalue weighted by Crippen LogP contribution is 2.12. The van der Waals surface area contributed by atoms with Crippen LogP contribution in [0.1, 0.15) is 30.6 Å². The van der Waals surface area contributed by atoms with E-state index in [4.69, 9.17) is 0 Å². The molecule has 0 aliphatic carbocycles. The average Bonchev–Trinajstić information content (AvgIpc) is 2.42. The van der Waals surface area contributed by atoms with Crippen molar-refractivity contribution in [3.8, 4) is 0 Å². The SMILES string of the molecule is CNCCCNC(=O)c1cccc(S(=O)(=O)NC(C)C)c1. The Labute approximate surface area is 126 Å². The van der Waals surface area contributed by atoms with Gasteiger partial charge in [-0.05, 0) is 52.1 Å². The number of amides is 1. The molecule has 0 saturated carbocycles. The normalized spacial score (nSPS) is 11.6. The lowest BCUT2D eigenvalue weighted by Crippen LogP contribution is -2.31. The lowest BCUT2D eigenvalue weighted by atomic mass is 10.2. The first-order chi connectivity index (χ1) is 9.86. The van der Waals surface area contributed by atoms with E-state index in [1.54, 1.807) is 26.0 Å². The maximum Gasteiger partial charge on any atom is 0.251 e. The second-order valence-electron chi connectivity index (χ2n) is 5.02. The van der Waals surface area contributed by atoms with Crippen molar-refractivity contribution in [2.24, 2.45) is 0 Å². The quantitative estimate of drug-likeness (QED) is 0.617. The molecule has 0 radical (unpaired) electrons. The van der Waals surface area contributed by atoms with E-state index in [9.17, 15) is 13.2 Å². The molecule has 0 spiro atoms. The first kappa shape index (κ1) is 17.6. The molecule has 0 unspecified atom stereocenters. The van der Waals surface area contributed by atoms with Gasteiger partial charge in [-0.3, -0.25) is 4.79 Å². The summed E-state index contributed by atoms with van der Waals surface area (Å²) in [6, 6.07) is 5.83. The molecule has 1 rings (SSSR count). The van der Waals surface area contributed by atoms with E-state index < -0.39 is 10.0 Å². The van der Waals surface area contributed by atoms with Crippen LogP contribution in [0.2, 0.25) is 0 Å². The molecule has 118 valence electrons. The van der Waals surface area contributed by atoms with Crippen LogP contribution in [-0.2, 0) is 10.0 Å². The van der Waals surface area contributed by atoms with Crippen molar-refractivity contribution >= 4 is 15.9 Å². The van der Waals surface area contributed by atoms with Crippen LogP contribution >= 0.6 is 0 Å². The predicted molar refractivity (Wildman–Crippen MR) is 82.8 cm³/mol. The lowest BCUT2D eigenvalue weighted by molar-refractivity contribution is 0.0953. The molecule has 7 heteroatoms. The summed E-state index contributed by atoms with van der Waals surface area (Å²) >= 11 is 0. The maximum absolute atomic E-state index is 12.1. The summed E-state index contributed by atoms with van der Waals surface area (Å²) in [5.74, 6) is -0.271. The summed E-state index contributed by atoms with van der Waals surface area (Å²) < 4.78 is 26.6. The van der Waals surface area contributed by atoms with Crippen molar-refractivity contribution in [1.82, 2.24) is 15.4 Å². The molecule has 1 aromatic rings. The molecule has 1 aromatic carbocycles. The number of benzene rings is 1. The van der Waals surface area contributed by atoms with Gasteiger partial charge in [-0.2, -0.15) is 0 Å². The number of carbonyl (C=O) groups excluding carboxylic acids is 1. The topological polar surface area (TPSA) is 87.3 Å². The van der Waals surface area contributed by atoms with Crippen molar-refractivity contribution in [2.45, 2.75) is 31.2 Å². The molecular weight excluding hydrogens is 290 g/mol. The van der Waals surface area contributed by atoms with E-state index in [1.165, 1.54) is 12.1 Å². The Morgan fingerprint density at radius 1 is 1.24 bits per heavy atom. The minimum absolute atomic E-state index is 0.0964. The monoisotopic (exact) mass is 313 g/mol. The van der Waals surface area contributed by atoms with E-state index in [0.29, 0.717) is 12.1 Å². The molecule has 21 heavy (non-hydrogen) atoms. The summed E-state index contributed by atoms with van der Waals surface area (Å²) in [7, 11) is -1.74. The second-order valence-corrected chi connectivity index (χ2v) is 6.73. The smallest absolute Gasteiger partial charge is 0.251 e. The Morgan fingerprint density at radius 2 is 1.95 bits per heavy atom. The number of sulfonamides is 1. The van der Waals surface area contributed by atoms with Gasteiger partial charge >= 0.3 is 0 Å². The van der Waals surface area contributed by atoms with Crippen LogP contribution in [0.3, 0.4) is 0 Å². The molecule has 0 aliphatic rings. The van der Waals surface area contributed by atoms with E-state index in [-0.39, 0.29) is 16.8 Å². The predicted octanol–water partition coefficient (Wildman–Crippen LogP) is 0.713. The zero-order valence-corrected chi connectivity index (χ0v) is 13.5. The molecule has 1 amide bonds. The van der Waals surface area contributed by atoms with Crippen molar-refractivity contribution < 1.29 is 13.2 Å². The summed E-state index contributed by atoms with van der Waals surface area (Å²) in [4.78, 5) is 12.1. The van der Waals surface area contributed by atoms with E-state index >= 15 is 0 Å². The van der Waals surface area contributed by atoms with Gasteiger partial charge < -0.3 is 10.6 Å². The van der Waals surface area contributed by atoms with Crippen molar-refractivity contribution in [2.75, 3.05) is 20.1 Å².